The summed E-state index contributed by atoms with van der Waals surface area (Å²) in [5.74, 6) is 0.0535. The van der Waals surface area contributed by atoms with Crippen molar-refractivity contribution in [3.8, 4) is 11.3 Å². The highest BCUT2D eigenvalue weighted by atomic mass is 16.4. The van der Waals surface area contributed by atoms with Crippen molar-refractivity contribution in [2.24, 2.45) is 0 Å². The number of hydrogen-bond acceptors (Lipinski definition) is 7. The molecular formula is C21H21N8O2. The summed E-state index contributed by atoms with van der Waals surface area (Å²) in [6.07, 6.45) is 12.2. The van der Waals surface area contributed by atoms with Gasteiger partial charge in [-0.3, -0.25) is 14.4 Å². The molecule has 4 aromatic rings. The second-order valence-electron chi connectivity index (χ2n) is 7.97. The first kappa shape index (κ1) is 18.3. The van der Waals surface area contributed by atoms with E-state index in [2.05, 4.69) is 29.9 Å². The quantitative estimate of drug-likeness (QED) is 0.539. The number of rotatable bonds is 4. The number of fused-ring (bicyclic) bond motifs is 1. The number of oxazole rings is 1. The minimum Gasteiger partial charge on any atom is -0.441 e. The van der Waals surface area contributed by atoms with Crippen molar-refractivity contribution in [3.63, 3.8) is 0 Å². The number of piperidine rings is 1. The summed E-state index contributed by atoms with van der Waals surface area (Å²) >= 11 is 0. The van der Waals surface area contributed by atoms with E-state index in [-0.39, 0.29) is 11.8 Å². The van der Waals surface area contributed by atoms with Gasteiger partial charge in [0.25, 0.3) is 5.89 Å². The zero-order valence-corrected chi connectivity index (χ0v) is 16.8. The Morgan fingerprint density at radius 3 is 2.84 bits per heavy atom. The molecule has 1 radical (unpaired) electrons. The molecule has 31 heavy (non-hydrogen) atoms. The van der Waals surface area contributed by atoms with Crippen LogP contribution < -0.4 is 0 Å². The number of nitrogens with zero attached hydrogens (tertiary/aromatic N) is 7. The van der Waals surface area contributed by atoms with E-state index in [0.717, 1.165) is 61.3 Å². The number of amides is 1. The van der Waals surface area contributed by atoms with Gasteiger partial charge in [-0.1, -0.05) is 0 Å². The fourth-order valence-corrected chi connectivity index (χ4v) is 4.44. The Balaban J connectivity index is 1.06. The number of carbonyl (C=O) groups excluding carboxylic acids is 1. The van der Waals surface area contributed by atoms with Crippen LogP contribution in [-0.4, -0.2) is 77.6 Å². The number of hydrogen-bond donors (Lipinski definition) is 1. The molecule has 1 N–H and O–H groups in total. The molecule has 10 heteroatoms. The molecule has 2 aliphatic heterocycles. The average molecular weight is 417 g/mol. The molecule has 0 aromatic carbocycles. The maximum Gasteiger partial charge on any atom is 0.309 e. The molecule has 2 fully saturated rings. The topological polar surface area (TPSA) is 109 Å². The van der Waals surface area contributed by atoms with Crippen LogP contribution in [0.3, 0.4) is 0 Å². The molecule has 2 saturated heterocycles. The highest BCUT2D eigenvalue weighted by Crippen LogP contribution is 2.30. The molecule has 0 saturated carbocycles. The summed E-state index contributed by atoms with van der Waals surface area (Å²) in [6, 6.07) is 3.73. The predicted molar refractivity (Wildman–Crippen MR) is 111 cm³/mol. The Kier molecular flexibility index (Phi) is 4.30. The SMILES string of the molecule is O=C(c1ncco1)N1CCC(N2C[C](n3cc(-c4ncnc5[nH]ccc45)cn3)C2)CC1. The van der Waals surface area contributed by atoms with Crippen molar-refractivity contribution in [3.05, 3.63) is 55.4 Å². The van der Waals surface area contributed by atoms with Crippen molar-refractivity contribution in [1.29, 1.82) is 0 Å². The molecule has 6 rings (SSSR count). The molecule has 0 unspecified atom stereocenters. The van der Waals surface area contributed by atoms with Crippen LogP contribution >= 0.6 is 0 Å². The van der Waals surface area contributed by atoms with Gasteiger partial charge >= 0.3 is 5.91 Å². The third-order valence-corrected chi connectivity index (χ3v) is 6.19. The normalized spacial score (nSPS) is 18.5. The van der Waals surface area contributed by atoms with Gasteiger partial charge in [-0.25, -0.2) is 15.0 Å². The van der Waals surface area contributed by atoms with Crippen LogP contribution in [0.25, 0.3) is 22.3 Å². The van der Waals surface area contributed by atoms with Crippen molar-refractivity contribution in [2.75, 3.05) is 26.2 Å². The maximum atomic E-state index is 12.4. The molecule has 6 heterocycles. The molecule has 2 aliphatic rings. The van der Waals surface area contributed by atoms with Gasteiger partial charge < -0.3 is 14.3 Å². The van der Waals surface area contributed by atoms with E-state index in [1.165, 1.54) is 18.5 Å². The first-order chi connectivity index (χ1) is 15.3. The summed E-state index contributed by atoms with van der Waals surface area (Å²) in [5, 5.41) is 5.56. The summed E-state index contributed by atoms with van der Waals surface area (Å²) in [6.45, 7) is 3.24. The average Bonchev–Trinajstić information content (AvgIpc) is 3.54. The van der Waals surface area contributed by atoms with E-state index < -0.39 is 0 Å². The zero-order valence-electron chi connectivity index (χ0n) is 16.8. The highest BCUT2D eigenvalue weighted by molar-refractivity contribution is 5.90. The molecule has 0 bridgehead atoms. The second-order valence-corrected chi connectivity index (χ2v) is 7.97. The van der Waals surface area contributed by atoms with Crippen molar-refractivity contribution >= 4 is 16.9 Å². The van der Waals surface area contributed by atoms with Crippen LogP contribution in [0.1, 0.15) is 23.5 Å². The minimum absolute atomic E-state index is 0.121. The van der Waals surface area contributed by atoms with Gasteiger partial charge in [-0.15, -0.1) is 0 Å². The third-order valence-electron chi connectivity index (χ3n) is 6.19. The smallest absolute Gasteiger partial charge is 0.309 e. The largest absolute Gasteiger partial charge is 0.441 e. The van der Waals surface area contributed by atoms with Crippen molar-refractivity contribution < 1.29 is 9.21 Å². The molecule has 10 nitrogen and oxygen atoms in total. The fourth-order valence-electron chi connectivity index (χ4n) is 4.44. The number of carbonyl (C=O) groups is 1. The Bertz CT molecular complexity index is 1200. The van der Waals surface area contributed by atoms with Crippen LogP contribution in [0, 0.1) is 6.04 Å². The van der Waals surface area contributed by atoms with Crippen LogP contribution in [0.4, 0.5) is 0 Å². The van der Waals surface area contributed by atoms with E-state index in [0.29, 0.717) is 6.04 Å². The number of aromatic amines is 1. The van der Waals surface area contributed by atoms with Gasteiger partial charge in [-0.2, -0.15) is 5.10 Å². The molecule has 1 amide bonds. The molecule has 0 atom stereocenters. The highest BCUT2D eigenvalue weighted by Gasteiger charge is 2.37. The van der Waals surface area contributed by atoms with E-state index in [4.69, 9.17) is 4.42 Å². The summed E-state index contributed by atoms with van der Waals surface area (Å²) in [7, 11) is 0. The monoisotopic (exact) mass is 417 g/mol. The van der Waals surface area contributed by atoms with Crippen molar-refractivity contribution in [2.45, 2.75) is 18.9 Å². The summed E-state index contributed by atoms with van der Waals surface area (Å²) in [5.41, 5.74) is 2.70. The number of likely N-dealkylation sites (tertiary alicyclic amines) is 2. The lowest BCUT2D eigenvalue weighted by atomic mass is 9.97. The van der Waals surface area contributed by atoms with Crippen LogP contribution in [0.2, 0.25) is 0 Å². The van der Waals surface area contributed by atoms with Gasteiger partial charge in [0, 0.05) is 55.6 Å². The summed E-state index contributed by atoms with van der Waals surface area (Å²) in [4.78, 5) is 32.4. The van der Waals surface area contributed by atoms with Gasteiger partial charge in [0.05, 0.1) is 18.1 Å². The number of H-pyrrole nitrogens is 1. The van der Waals surface area contributed by atoms with E-state index in [1.807, 2.05) is 34.2 Å². The van der Waals surface area contributed by atoms with Crippen LogP contribution in [0.5, 0.6) is 0 Å². The Morgan fingerprint density at radius 1 is 1.16 bits per heavy atom. The van der Waals surface area contributed by atoms with Crippen LogP contribution in [0.15, 0.2) is 47.9 Å². The van der Waals surface area contributed by atoms with E-state index in [1.54, 1.807) is 6.33 Å². The van der Waals surface area contributed by atoms with Crippen LogP contribution in [-0.2, 0) is 0 Å². The molecular weight excluding hydrogens is 396 g/mol. The Labute approximate surface area is 177 Å². The van der Waals surface area contributed by atoms with E-state index in [9.17, 15) is 4.79 Å². The molecule has 157 valence electrons. The second kappa shape index (κ2) is 7.31. The molecule has 0 aliphatic carbocycles. The standard InChI is InChI=1S/C21H21N8O2/c30-21(20-23-5-8-31-20)27-6-2-15(3-7-27)28-11-16(12-28)29-10-14(9-26-29)18-17-1-4-22-19(17)25-13-24-18/h1,4-5,8-10,13,15H,2-3,6-7,11-12H2,(H,22,24,25). The summed E-state index contributed by atoms with van der Waals surface area (Å²) < 4.78 is 7.10. The fraction of sp³-hybridized carbons (Fsp3) is 0.333. The Morgan fingerprint density at radius 2 is 2.03 bits per heavy atom. The first-order valence-corrected chi connectivity index (χ1v) is 10.4. The third kappa shape index (κ3) is 3.19. The van der Waals surface area contributed by atoms with Gasteiger partial charge in [0.1, 0.15) is 24.3 Å². The minimum atomic E-state index is -0.121. The number of aromatic nitrogens is 6. The lowest BCUT2D eigenvalue weighted by Crippen LogP contribution is -2.56. The first-order valence-electron chi connectivity index (χ1n) is 10.4. The van der Waals surface area contributed by atoms with Gasteiger partial charge in [-0.05, 0) is 18.9 Å². The lowest BCUT2D eigenvalue weighted by Gasteiger charge is -2.46. The zero-order chi connectivity index (χ0) is 20.8. The molecule has 0 spiro atoms. The molecule has 4 aromatic heterocycles. The predicted octanol–water partition coefficient (Wildman–Crippen LogP) is 1.81. The maximum absolute atomic E-state index is 12.4. The van der Waals surface area contributed by atoms with E-state index >= 15 is 0 Å². The Hall–Kier alpha value is -3.53. The van der Waals surface area contributed by atoms with Gasteiger partial charge in [0.2, 0.25) is 0 Å². The van der Waals surface area contributed by atoms with Gasteiger partial charge in [0.15, 0.2) is 0 Å². The number of nitrogens with one attached hydrogen (secondary N) is 1. The lowest BCUT2D eigenvalue weighted by molar-refractivity contribution is 0.0486. The van der Waals surface area contributed by atoms with Crippen molar-refractivity contribution in [1.82, 2.24) is 39.5 Å².